The molecule has 2 aromatic rings. The molecule has 0 aromatic heterocycles. The van der Waals surface area contributed by atoms with Gasteiger partial charge in [0.05, 0.1) is 0 Å². The van der Waals surface area contributed by atoms with Crippen LogP contribution >= 0.6 is 0 Å². The topological polar surface area (TPSA) is 49.4 Å². The molecule has 0 saturated heterocycles. The number of carbonyl (C=O) groups excluding carboxylic acids is 2. The number of nitrogens with one attached hydrogen (secondary N) is 1. The van der Waals surface area contributed by atoms with E-state index in [1.807, 2.05) is 39.8 Å². The lowest BCUT2D eigenvalue weighted by Crippen LogP contribution is -2.50. The van der Waals surface area contributed by atoms with E-state index in [0.717, 1.165) is 17.5 Å². The van der Waals surface area contributed by atoms with E-state index in [1.54, 1.807) is 4.90 Å². The predicted octanol–water partition coefficient (Wildman–Crippen LogP) is 5.77. The summed E-state index contributed by atoms with van der Waals surface area (Å²) in [5.74, 6) is 0.443. The van der Waals surface area contributed by atoms with Crippen molar-refractivity contribution >= 4 is 11.8 Å². The van der Waals surface area contributed by atoms with Crippen molar-refractivity contribution in [1.29, 1.82) is 0 Å². The van der Waals surface area contributed by atoms with Crippen LogP contribution in [0.5, 0.6) is 0 Å². The third-order valence-electron chi connectivity index (χ3n) is 6.13. The molecule has 2 atom stereocenters. The van der Waals surface area contributed by atoms with Crippen LogP contribution in [0.15, 0.2) is 48.5 Å². The first-order chi connectivity index (χ1) is 15.2. The second-order valence-corrected chi connectivity index (χ2v) is 9.15. The molecule has 2 rings (SSSR count). The minimum Gasteiger partial charge on any atom is -0.352 e. The zero-order valence-corrected chi connectivity index (χ0v) is 20.7. The first-order valence-corrected chi connectivity index (χ1v) is 12.0. The molecule has 4 heteroatoms. The first-order valence-electron chi connectivity index (χ1n) is 12.0. The molecule has 0 heterocycles. The maximum absolute atomic E-state index is 13.4. The minimum absolute atomic E-state index is 0.0182. The molecule has 0 radical (unpaired) electrons. The largest absolute Gasteiger partial charge is 0.352 e. The first kappa shape index (κ1) is 25.6. The summed E-state index contributed by atoms with van der Waals surface area (Å²) in [7, 11) is 0. The van der Waals surface area contributed by atoms with Crippen molar-refractivity contribution in [2.45, 2.75) is 91.8 Å². The van der Waals surface area contributed by atoms with Crippen LogP contribution in [-0.2, 0) is 22.6 Å². The molecule has 174 valence electrons. The number of hydrogen-bond donors (Lipinski definition) is 1. The number of rotatable bonds is 11. The zero-order chi connectivity index (χ0) is 23.7. The molecule has 0 aliphatic carbocycles. The van der Waals surface area contributed by atoms with Crippen molar-refractivity contribution in [2.75, 3.05) is 0 Å². The van der Waals surface area contributed by atoms with E-state index in [2.05, 4.69) is 55.6 Å². The molecule has 0 saturated carbocycles. The second-order valence-electron chi connectivity index (χ2n) is 9.15. The Morgan fingerprint density at radius 2 is 1.47 bits per heavy atom. The molecule has 0 aliphatic rings. The molecule has 0 fully saturated rings. The molecule has 0 aliphatic heterocycles. The average molecular weight is 437 g/mol. The summed E-state index contributed by atoms with van der Waals surface area (Å²) in [5, 5.41) is 3.07. The van der Waals surface area contributed by atoms with Gasteiger partial charge in [0, 0.05) is 19.0 Å². The van der Waals surface area contributed by atoms with Crippen molar-refractivity contribution in [3.8, 4) is 0 Å². The van der Waals surface area contributed by atoms with E-state index in [-0.39, 0.29) is 17.9 Å². The molecule has 0 spiro atoms. The molecule has 0 bridgehead atoms. The van der Waals surface area contributed by atoms with E-state index in [1.165, 1.54) is 11.1 Å². The third kappa shape index (κ3) is 7.51. The highest BCUT2D eigenvalue weighted by atomic mass is 16.2. The fourth-order valence-corrected chi connectivity index (χ4v) is 3.71. The minimum atomic E-state index is -0.471. The summed E-state index contributed by atoms with van der Waals surface area (Å²) in [4.78, 5) is 28.1. The fourth-order valence-electron chi connectivity index (χ4n) is 3.71. The van der Waals surface area contributed by atoms with Gasteiger partial charge in [-0.25, -0.2) is 0 Å². The van der Waals surface area contributed by atoms with Crippen molar-refractivity contribution in [1.82, 2.24) is 10.2 Å². The Bertz CT molecular complexity index is 856. The zero-order valence-electron chi connectivity index (χ0n) is 20.7. The van der Waals surface area contributed by atoms with Crippen LogP contribution in [-0.4, -0.2) is 28.8 Å². The number of carbonyl (C=O) groups is 2. The SMILES string of the molecule is CCC(C)NC(=O)C(CC)N(Cc1ccc(C)cc1)C(=O)CCc1ccc(C(C)C)cc1. The summed E-state index contributed by atoms with van der Waals surface area (Å²) in [6.07, 6.45) is 2.51. The Morgan fingerprint density at radius 3 is 2.00 bits per heavy atom. The monoisotopic (exact) mass is 436 g/mol. The van der Waals surface area contributed by atoms with Gasteiger partial charge in [0.25, 0.3) is 0 Å². The lowest BCUT2D eigenvalue weighted by molar-refractivity contribution is -0.141. The molecule has 4 nitrogen and oxygen atoms in total. The van der Waals surface area contributed by atoms with Crippen molar-refractivity contribution in [2.24, 2.45) is 0 Å². The Hall–Kier alpha value is -2.62. The highest BCUT2D eigenvalue weighted by Gasteiger charge is 2.29. The Balaban J connectivity index is 2.18. The summed E-state index contributed by atoms with van der Waals surface area (Å²) < 4.78 is 0. The van der Waals surface area contributed by atoms with E-state index >= 15 is 0 Å². The quantitative estimate of drug-likeness (QED) is 0.486. The average Bonchev–Trinajstić information content (AvgIpc) is 2.78. The van der Waals surface area contributed by atoms with Gasteiger partial charge in [0.15, 0.2) is 0 Å². The third-order valence-corrected chi connectivity index (χ3v) is 6.13. The van der Waals surface area contributed by atoms with Gasteiger partial charge >= 0.3 is 0 Å². The van der Waals surface area contributed by atoms with Crippen LogP contribution in [0.25, 0.3) is 0 Å². The van der Waals surface area contributed by atoms with Crippen molar-refractivity contribution in [3.63, 3.8) is 0 Å². The normalized spacial score (nSPS) is 13.0. The molecular weight excluding hydrogens is 396 g/mol. The molecule has 2 aromatic carbocycles. The molecule has 32 heavy (non-hydrogen) atoms. The van der Waals surface area contributed by atoms with Gasteiger partial charge in [0.1, 0.15) is 6.04 Å². The molecule has 1 N–H and O–H groups in total. The van der Waals surface area contributed by atoms with Gasteiger partial charge in [-0.05, 0) is 55.7 Å². The van der Waals surface area contributed by atoms with E-state index in [4.69, 9.17) is 0 Å². The predicted molar refractivity (Wildman–Crippen MR) is 133 cm³/mol. The highest BCUT2D eigenvalue weighted by Crippen LogP contribution is 2.18. The Labute approximate surface area is 194 Å². The standard InChI is InChI=1S/C28H40N2O2/c1-7-22(6)29-28(32)26(8-2)30(19-24-11-9-21(5)10-12-24)27(31)18-15-23-13-16-25(17-14-23)20(3)4/h9-14,16-17,20,22,26H,7-8,15,18-19H2,1-6H3,(H,29,32). The van der Waals surface area contributed by atoms with Gasteiger partial charge < -0.3 is 10.2 Å². The molecular formula is C28H40N2O2. The van der Waals surface area contributed by atoms with Crippen LogP contribution < -0.4 is 5.32 Å². The van der Waals surface area contributed by atoms with E-state index < -0.39 is 6.04 Å². The van der Waals surface area contributed by atoms with Gasteiger partial charge in [-0.1, -0.05) is 81.8 Å². The maximum Gasteiger partial charge on any atom is 0.243 e. The molecule has 2 unspecified atom stereocenters. The second kappa shape index (κ2) is 12.4. The molecule has 2 amide bonds. The summed E-state index contributed by atoms with van der Waals surface area (Å²) in [5.41, 5.74) is 4.67. The number of nitrogens with zero attached hydrogens (tertiary/aromatic N) is 1. The van der Waals surface area contributed by atoms with Crippen LogP contribution in [0.2, 0.25) is 0 Å². The number of benzene rings is 2. The number of aryl methyl sites for hydroxylation is 2. The smallest absolute Gasteiger partial charge is 0.243 e. The maximum atomic E-state index is 13.4. The van der Waals surface area contributed by atoms with Crippen LogP contribution in [0.3, 0.4) is 0 Å². The van der Waals surface area contributed by atoms with E-state index in [0.29, 0.717) is 31.7 Å². The lowest BCUT2D eigenvalue weighted by Gasteiger charge is -2.31. The number of hydrogen-bond acceptors (Lipinski definition) is 2. The number of amides is 2. The Morgan fingerprint density at radius 1 is 0.875 bits per heavy atom. The summed E-state index contributed by atoms with van der Waals surface area (Å²) in [6, 6.07) is 16.3. The Kier molecular flexibility index (Phi) is 9.96. The fraction of sp³-hybridized carbons (Fsp3) is 0.500. The van der Waals surface area contributed by atoms with Crippen LogP contribution in [0.4, 0.5) is 0 Å². The highest BCUT2D eigenvalue weighted by molar-refractivity contribution is 5.87. The van der Waals surface area contributed by atoms with E-state index in [9.17, 15) is 9.59 Å². The van der Waals surface area contributed by atoms with Gasteiger partial charge in [0.2, 0.25) is 11.8 Å². The summed E-state index contributed by atoms with van der Waals surface area (Å²) >= 11 is 0. The lowest BCUT2D eigenvalue weighted by atomic mass is 10.00. The van der Waals surface area contributed by atoms with Gasteiger partial charge in [-0.3, -0.25) is 9.59 Å². The van der Waals surface area contributed by atoms with Crippen LogP contribution in [0, 0.1) is 6.92 Å². The van der Waals surface area contributed by atoms with Crippen molar-refractivity contribution < 1.29 is 9.59 Å². The van der Waals surface area contributed by atoms with Gasteiger partial charge in [-0.2, -0.15) is 0 Å². The summed E-state index contributed by atoms with van der Waals surface area (Å²) in [6.45, 7) is 12.9. The van der Waals surface area contributed by atoms with Crippen molar-refractivity contribution in [3.05, 3.63) is 70.8 Å². The van der Waals surface area contributed by atoms with Gasteiger partial charge in [-0.15, -0.1) is 0 Å². The van der Waals surface area contributed by atoms with Crippen LogP contribution in [0.1, 0.15) is 82.1 Å².